The second-order valence-corrected chi connectivity index (χ2v) is 5.90. The summed E-state index contributed by atoms with van der Waals surface area (Å²) >= 11 is 0. The third-order valence-electron chi connectivity index (χ3n) is 4.16. The van der Waals surface area contributed by atoms with E-state index in [9.17, 15) is 27.9 Å². The zero-order chi connectivity index (χ0) is 19.1. The van der Waals surface area contributed by atoms with Crippen molar-refractivity contribution in [3.63, 3.8) is 0 Å². The molecular formula is C16H15F3N2O5. The molecule has 0 bridgehead atoms. The summed E-state index contributed by atoms with van der Waals surface area (Å²) < 4.78 is 45.0. The predicted molar refractivity (Wildman–Crippen MR) is 83.4 cm³/mol. The minimum absolute atomic E-state index is 0.0147. The van der Waals surface area contributed by atoms with E-state index in [4.69, 9.17) is 9.84 Å². The van der Waals surface area contributed by atoms with Crippen molar-refractivity contribution in [1.82, 2.24) is 9.55 Å². The highest BCUT2D eigenvalue weighted by molar-refractivity contribution is 5.62. The van der Waals surface area contributed by atoms with E-state index >= 15 is 0 Å². The number of ether oxygens (including phenoxy) is 1. The zero-order valence-corrected chi connectivity index (χ0v) is 13.2. The largest absolute Gasteiger partial charge is 0.416 e. The lowest BCUT2D eigenvalue weighted by molar-refractivity contribution is -0.137. The highest BCUT2D eigenvalue weighted by Crippen LogP contribution is 2.32. The van der Waals surface area contributed by atoms with Crippen LogP contribution in [0.4, 0.5) is 13.2 Å². The fourth-order valence-electron chi connectivity index (χ4n) is 2.82. The molecule has 26 heavy (non-hydrogen) atoms. The van der Waals surface area contributed by atoms with Gasteiger partial charge in [0.1, 0.15) is 12.3 Å². The maximum Gasteiger partial charge on any atom is 0.416 e. The molecule has 1 aromatic heterocycles. The van der Waals surface area contributed by atoms with Crippen molar-refractivity contribution in [3.8, 4) is 11.1 Å². The summed E-state index contributed by atoms with van der Waals surface area (Å²) in [5, 5.41) is 18.9. The minimum atomic E-state index is -4.58. The van der Waals surface area contributed by atoms with E-state index < -0.39 is 48.0 Å². The van der Waals surface area contributed by atoms with Crippen LogP contribution < -0.4 is 11.2 Å². The third-order valence-corrected chi connectivity index (χ3v) is 4.16. The third kappa shape index (κ3) is 3.43. The SMILES string of the molecule is O=c1[nH]c(=O)n([C@H]2C[C@H](O)[C@@H](CO)O2)cc1-c1cccc(C(F)(F)F)c1. The van der Waals surface area contributed by atoms with E-state index in [1.165, 1.54) is 6.07 Å². The van der Waals surface area contributed by atoms with Gasteiger partial charge in [0.25, 0.3) is 5.56 Å². The van der Waals surface area contributed by atoms with Crippen LogP contribution in [0.2, 0.25) is 0 Å². The van der Waals surface area contributed by atoms with Gasteiger partial charge in [-0.1, -0.05) is 12.1 Å². The minimum Gasteiger partial charge on any atom is -0.394 e. The predicted octanol–water partition coefficient (Wildman–Crippen LogP) is 0.863. The molecule has 1 aromatic carbocycles. The normalized spacial score (nSPS) is 23.3. The van der Waals surface area contributed by atoms with E-state index in [0.29, 0.717) is 0 Å². The van der Waals surface area contributed by atoms with Gasteiger partial charge in [-0.2, -0.15) is 13.2 Å². The highest BCUT2D eigenvalue weighted by Gasteiger charge is 2.35. The number of aliphatic hydroxyl groups excluding tert-OH is 2. The van der Waals surface area contributed by atoms with Crippen LogP contribution in [0, 0.1) is 0 Å². The summed E-state index contributed by atoms with van der Waals surface area (Å²) in [5.74, 6) is 0. The summed E-state index contributed by atoms with van der Waals surface area (Å²) in [6.07, 6.45) is -6.37. The van der Waals surface area contributed by atoms with Gasteiger partial charge in [-0.25, -0.2) is 4.79 Å². The summed E-state index contributed by atoms with van der Waals surface area (Å²) in [7, 11) is 0. The number of alkyl halides is 3. The molecule has 0 aliphatic carbocycles. The van der Waals surface area contributed by atoms with E-state index in [1.54, 1.807) is 0 Å². The van der Waals surface area contributed by atoms with Gasteiger partial charge in [0.05, 0.1) is 23.8 Å². The Bertz CT molecular complexity index is 921. The Balaban J connectivity index is 2.05. The molecule has 1 aliphatic heterocycles. The molecular weight excluding hydrogens is 357 g/mol. The van der Waals surface area contributed by atoms with Gasteiger partial charge in [-0.05, 0) is 17.7 Å². The zero-order valence-electron chi connectivity index (χ0n) is 13.2. The molecule has 0 radical (unpaired) electrons. The van der Waals surface area contributed by atoms with Crippen molar-refractivity contribution in [3.05, 3.63) is 56.9 Å². The molecule has 3 atom stereocenters. The standard InChI is InChI=1S/C16H15F3N2O5/c17-16(18,19)9-3-1-2-8(4-9)10-6-21(15(25)20-14(10)24)13-5-11(23)12(7-22)26-13/h1-4,6,11-13,22-23H,5,7H2,(H,20,24,25)/t11-,12+,13+/m0/s1. The number of hydrogen-bond donors (Lipinski definition) is 3. The average Bonchev–Trinajstić information content (AvgIpc) is 2.95. The van der Waals surface area contributed by atoms with Crippen molar-refractivity contribution < 1.29 is 28.1 Å². The van der Waals surface area contributed by atoms with Crippen molar-refractivity contribution in [2.24, 2.45) is 0 Å². The van der Waals surface area contributed by atoms with Crippen molar-refractivity contribution in [2.45, 2.75) is 31.0 Å². The van der Waals surface area contributed by atoms with Crippen LogP contribution in [0.15, 0.2) is 40.1 Å². The molecule has 0 amide bonds. The number of aliphatic hydroxyl groups is 2. The van der Waals surface area contributed by atoms with Gasteiger partial charge in [0.15, 0.2) is 0 Å². The number of aromatic nitrogens is 2. The first kappa shape index (κ1) is 18.4. The van der Waals surface area contributed by atoms with Crippen molar-refractivity contribution >= 4 is 0 Å². The summed E-state index contributed by atoms with van der Waals surface area (Å²) in [6, 6.07) is 4.15. The van der Waals surface area contributed by atoms with Crippen LogP contribution in [0.1, 0.15) is 18.2 Å². The number of hydrogen-bond acceptors (Lipinski definition) is 5. The number of nitrogens with zero attached hydrogens (tertiary/aromatic N) is 1. The number of H-pyrrole nitrogens is 1. The molecule has 10 heteroatoms. The van der Waals surface area contributed by atoms with E-state index in [1.807, 2.05) is 4.98 Å². The van der Waals surface area contributed by atoms with Crippen LogP contribution in [0.3, 0.4) is 0 Å². The topological polar surface area (TPSA) is 105 Å². The van der Waals surface area contributed by atoms with Gasteiger partial charge < -0.3 is 14.9 Å². The van der Waals surface area contributed by atoms with Crippen molar-refractivity contribution in [2.75, 3.05) is 6.61 Å². The number of halogens is 3. The van der Waals surface area contributed by atoms with Crippen molar-refractivity contribution in [1.29, 1.82) is 0 Å². The molecule has 0 spiro atoms. The summed E-state index contributed by atoms with van der Waals surface area (Å²) in [6.45, 7) is -0.462. The first-order valence-corrected chi connectivity index (χ1v) is 7.68. The van der Waals surface area contributed by atoms with Crippen LogP contribution in [0.25, 0.3) is 11.1 Å². The molecule has 2 aromatic rings. The number of benzene rings is 1. The fourth-order valence-corrected chi connectivity index (χ4v) is 2.82. The van der Waals surface area contributed by atoms with Gasteiger partial charge in [0.2, 0.25) is 0 Å². The smallest absolute Gasteiger partial charge is 0.394 e. The Morgan fingerprint density at radius 3 is 2.65 bits per heavy atom. The maximum absolute atomic E-state index is 12.9. The molecule has 3 N–H and O–H groups in total. The van der Waals surface area contributed by atoms with Gasteiger partial charge >= 0.3 is 11.9 Å². The number of rotatable bonds is 3. The Morgan fingerprint density at radius 2 is 2.04 bits per heavy atom. The fraction of sp³-hybridized carbons (Fsp3) is 0.375. The summed E-state index contributed by atoms with van der Waals surface area (Å²) in [4.78, 5) is 26.1. The molecule has 7 nitrogen and oxygen atoms in total. The van der Waals surface area contributed by atoms with Crippen LogP contribution in [0.5, 0.6) is 0 Å². The number of aromatic amines is 1. The Kier molecular flexibility index (Phi) is 4.74. The van der Waals surface area contributed by atoms with Crippen LogP contribution in [-0.4, -0.2) is 38.6 Å². The Labute approximate surface area is 144 Å². The molecule has 2 heterocycles. The molecule has 1 fully saturated rings. The Hall–Kier alpha value is -2.43. The second kappa shape index (κ2) is 6.71. The molecule has 0 unspecified atom stereocenters. The Morgan fingerprint density at radius 1 is 1.31 bits per heavy atom. The lowest BCUT2D eigenvalue weighted by Gasteiger charge is -2.15. The average molecular weight is 372 g/mol. The second-order valence-electron chi connectivity index (χ2n) is 5.90. The quantitative estimate of drug-likeness (QED) is 0.742. The molecule has 3 rings (SSSR count). The van der Waals surface area contributed by atoms with Crippen LogP contribution >= 0.6 is 0 Å². The van der Waals surface area contributed by atoms with Gasteiger partial charge in [0, 0.05) is 12.6 Å². The van der Waals surface area contributed by atoms with E-state index in [-0.39, 0.29) is 17.5 Å². The molecule has 1 aliphatic rings. The van der Waals surface area contributed by atoms with E-state index in [2.05, 4.69) is 0 Å². The summed E-state index contributed by atoms with van der Waals surface area (Å²) in [5.41, 5.74) is -2.78. The lowest BCUT2D eigenvalue weighted by Crippen LogP contribution is -2.33. The van der Waals surface area contributed by atoms with Crippen LogP contribution in [-0.2, 0) is 10.9 Å². The number of nitrogens with one attached hydrogen (secondary N) is 1. The van der Waals surface area contributed by atoms with Gasteiger partial charge in [-0.3, -0.25) is 14.3 Å². The first-order valence-electron chi connectivity index (χ1n) is 7.68. The molecule has 1 saturated heterocycles. The monoisotopic (exact) mass is 372 g/mol. The lowest BCUT2D eigenvalue weighted by atomic mass is 10.1. The highest BCUT2D eigenvalue weighted by atomic mass is 19.4. The van der Waals surface area contributed by atoms with E-state index in [0.717, 1.165) is 29.0 Å². The molecule has 0 saturated carbocycles. The first-order chi connectivity index (χ1) is 12.2. The van der Waals surface area contributed by atoms with Gasteiger partial charge in [-0.15, -0.1) is 0 Å². The molecule has 140 valence electrons. The maximum atomic E-state index is 12.9.